The lowest BCUT2D eigenvalue weighted by Crippen LogP contribution is -2.32. The first kappa shape index (κ1) is 21.8. The van der Waals surface area contributed by atoms with Crippen LogP contribution in [0.25, 0.3) is 10.8 Å². The van der Waals surface area contributed by atoms with Crippen LogP contribution in [0.4, 0.5) is 5.69 Å². The molecule has 0 aliphatic carbocycles. The molecule has 0 aliphatic heterocycles. The lowest BCUT2D eigenvalue weighted by atomic mass is 10.0. The van der Waals surface area contributed by atoms with Crippen LogP contribution < -0.4 is 9.62 Å². The molecule has 3 rings (SSSR count). The summed E-state index contributed by atoms with van der Waals surface area (Å²) in [6, 6.07) is 19.7. The first-order valence-corrected chi connectivity index (χ1v) is 11.9. The van der Waals surface area contributed by atoms with E-state index < -0.39 is 10.0 Å². The predicted molar refractivity (Wildman–Crippen MR) is 123 cm³/mol. The Morgan fingerprint density at radius 2 is 1.67 bits per heavy atom. The third kappa shape index (κ3) is 5.19. The van der Waals surface area contributed by atoms with Crippen LogP contribution in [0.1, 0.15) is 29.5 Å². The summed E-state index contributed by atoms with van der Waals surface area (Å²) in [6.07, 6.45) is 1.92. The van der Waals surface area contributed by atoms with Gasteiger partial charge >= 0.3 is 0 Å². The van der Waals surface area contributed by atoms with E-state index in [0.29, 0.717) is 18.7 Å². The zero-order valence-corrected chi connectivity index (χ0v) is 18.5. The van der Waals surface area contributed by atoms with Crippen molar-refractivity contribution in [1.29, 1.82) is 0 Å². The Kier molecular flexibility index (Phi) is 6.77. The molecular formula is C24H28N2O3S. The highest BCUT2D eigenvalue weighted by atomic mass is 32.2. The van der Waals surface area contributed by atoms with Crippen LogP contribution in [0.3, 0.4) is 0 Å². The highest BCUT2D eigenvalue weighted by molar-refractivity contribution is 7.92. The summed E-state index contributed by atoms with van der Waals surface area (Å²) in [5.74, 6) is -0.0858. The van der Waals surface area contributed by atoms with Crippen molar-refractivity contribution in [2.75, 3.05) is 17.1 Å². The van der Waals surface area contributed by atoms with Gasteiger partial charge in [-0.3, -0.25) is 9.10 Å². The average Bonchev–Trinajstić information content (AvgIpc) is 2.71. The lowest BCUT2D eigenvalue weighted by molar-refractivity contribution is -0.121. The molecule has 0 saturated carbocycles. The molecule has 0 aromatic heterocycles. The van der Waals surface area contributed by atoms with Crippen LogP contribution in [-0.4, -0.2) is 27.1 Å². The molecule has 0 unspecified atom stereocenters. The van der Waals surface area contributed by atoms with Gasteiger partial charge in [-0.2, -0.15) is 0 Å². The van der Waals surface area contributed by atoms with Crippen molar-refractivity contribution in [3.63, 3.8) is 0 Å². The van der Waals surface area contributed by atoms with Gasteiger partial charge in [0, 0.05) is 19.5 Å². The highest BCUT2D eigenvalue weighted by Gasteiger charge is 2.19. The zero-order chi connectivity index (χ0) is 21.7. The number of benzene rings is 3. The van der Waals surface area contributed by atoms with Gasteiger partial charge in [0.25, 0.3) is 0 Å². The van der Waals surface area contributed by atoms with E-state index >= 15 is 0 Å². The van der Waals surface area contributed by atoms with Crippen LogP contribution in [0.2, 0.25) is 0 Å². The Morgan fingerprint density at radius 1 is 0.967 bits per heavy atom. The molecule has 158 valence electrons. The third-order valence-corrected chi connectivity index (χ3v) is 6.55. The molecule has 5 nitrogen and oxygen atoms in total. The van der Waals surface area contributed by atoms with Crippen molar-refractivity contribution in [3.8, 4) is 0 Å². The number of hydrogen-bond donors (Lipinski definition) is 1. The molecular weight excluding hydrogens is 396 g/mol. The van der Waals surface area contributed by atoms with Crippen LogP contribution in [0.5, 0.6) is 0 Å². The predicted octanol–water partition coefficient (Wildman–Crippen LogP) is 4.32. The van der Waals surface area contributed by atoms with Gasteiger partial charge in [-0.05, 0) is 53.8 Å². The van der Waals surface area contributed by atoms with Gasteiger partial charge in [0.15, 0.2) is 0 Å². The van der Waals surface area contributed by atoms with Gasteiger partial charge in [0.2, 0.25) is 15.9 Å². The van der Waals surface area contributed by atoms with Crippen molar-refractivity contribution in [3.05, 3.63) is 77.4 Å². The third-order valence-electron chi connectivity index (χ3n) is 5.37. The van der Waals surface area contributed by atoms with E-state index in [2.05, 4.69) is 5.32 Å². The molecule has 0 atom stereocenters. The van der Waals surface area contributed by atoms with Crippen molar-refractivity contribution in [2.24, 2.45) is 0 Å². The molecule has 0 heterocycles. The molecule has 0 aliphatic rings. The number of carbonyl (C=O) groups is 1. The normalized spacial score (nSPS) is 11.4. The van der Waals surface area contributed by atoms with E-state index in [4.69, 9.17) is 0 Å². The number of anilines is 1. The Morgan fingerprint density at radius 3 is 2.43 bits per heavy atom. The van der Waals surface area contributed by atoms with Gasteiger partial charge in [-0.25, -0.2) is 8.42 Å². The van der Waals surface area contributed by atoms with E-state index in [1.807, 2.05) is 74.5 Å². The standard InChI is InChI=1S/C24H28N2O3S/c1-18-9-6-14-23(19(18)2)26(30(3,28)29)16-8-15-24(27)25-17-21-12-7-11-20-10-4-5-13-22(20)21/h4-7,9-14H,8,15-17H2,1-3H3,(H,25,27). The molecule has 0 fully saturated rings. The fourth-order valence-corrected chi connectivity index (χ4v) is 4.60. The van der Waals surface area contributed by atoms with Crippen LogP contribution in [-0.2, 0) is 21.4 Å². The molecule has 0 bridgehead atoms. The Hall–Kier alpha value is -2.86. The highest BCUT2D eigenvalue weighted by Crippen LogP contribution is 2.25. The second-order valence-electron chi connectivity index (χ2n) is 7.57. The number of amides is 1. The maximum Gasteiger partial charge on any atom is 0.232 e. The molecule has 0 saturated heterocycles. The lowest BCUT2D eigenvalue weighted by Gasteiger charge is -2.24. The summed E-state index contributed by atoms with van der Waals surface area (Å²) < 4.78 is 26.1. The molecule has 1 amide bonds. The van der Waals surface area contributed by atoms with E-state index in [9.17, 15) is 13.2 Å². The monoisotopic (exact) mass is 424 g/mol. The number of hydrogen-bond acceptors (Lipinski definition) is 3. The smallest absolute Gasteiger partial charge is 0.232 e. The molecule has 0 radical (unpaired) electrons. The molecule has 1 N–H and O–H groups in total. The van der Waals surface area contributed by atoms with Crippen LogP contribution in [0.15, 0.2) is 60.7 Å². The summed E-state index contributed by atoms with van der Waals surface area (Å²) in [7, 11) is -3.43. The van der Waals surface area contributed by atoms with E-state index in [1.165, 1.54) is 10.6 Å². The number of aryl methyl sites for hydroxylation is 1. The molecule has 3 aromatic rings. The quantitative estimate of drug-likeness (QED) is 0.586. The average molecular weight is 425 g/mol. The topological polar surface area (TPSA) is 66.5 Å². The van der Waals surface area contributed by atoms with Crippen molar-refractivity contribution < 1.29 is 13.2 Å². The maximum atomic E-state index is 12.4. The fourth-order valence-electron chi connectivity index (χ4n) is 3.58. The molecule has 6 heteroatoms. The van der Waals surface area contributed by atoms with Crippen LogP contribution in [0, 0.1) is 13.8 Å². The first-order valence-electron chi connectivity index (χ1n) is 10.0. The fraction of sp³-hybridized carbons (Fsp3) is 0.292. The summed E-state index contributed by atoms with van der Waals surface area (Å²) in [4.78, 5) is 12.4. The van der Waals surface area contributed by atoms with E-state index in [-0.39, 0.29) is 18.9 Å². The Labute approximate surface area is 178 Å². The molecule has 3 aromatic carbocycles. The SMILES string of the molecule is Cc1cccc(N(CCCC(=O)NCc2cccc3ccccc23)S(C)(=O)=O)c1C. The van der Waals surface area contributed by atoms with Crippen LogP contribution >= 0.6 is 0 Å². The number of fused-ring (bicyclic) bond motifs is 1. The van der Waals surface area contributed by atoms with E-state index in [1.54, 1.807) is 0 Å². The first-order chi connectivity index (χ1) is 14.3. The van der Waals surface area contributed by atoms with Crippen molar-refractivity contribution in [1.82, 2.24) is 5.32 Å². The van der Waals surface area contributed by atoms with Gasteiger partial charge < -0.3 is 5.32 Å². The zero-order valence-electron chi connectivity index (χ0n) is 17.7. The summed E-state index contributed by atoms with van der Waals surface area (Å²) in [6.45, 7) is 4.59. The van der Waals surface area contributed by atoms with Gasteiger partial charge in [0.1, 0.15) is 0 Å². The summed E-state index contributed by atoms with van der Waals surface area (Å²) >= 11 is 0. The Balaban J connectivity index is 1.60. The van der Waals surface area contributed by atoms with Gasteiger partial charge in [-0.1, -0.05) is 54.6 Å². The number of nitrogens with zero attached hydrogens (tertiary/aromatic N) is 1. The van der Waals surface area contributed by atoms with E-state index in [0.717, 1.165) is 27.5 Å². The number of rotatable bonds is 8. The minimum Gasteiger partial charge on any atom is -0.352 e. The molecule has 0 spiro atoms. The minimum absolute atomic E-state index is 0.0858. The minimum atomic E-state index is -3.43. The second-order valence-corrected chi connectivity index (χ2v) is 9.48. The number of sulfonamides is 1. The summed E-state index contributed by atoms with van der Waals surface area (Å²) in [5, 5.41) is 5.22. The Bertz CT molecular complexity index is 1150. The van der Waals surface area contributed by atoms with Gasteiger partial charge in [-0.15, -0.1) is 0 Å². The van der Waals surface area contributed by atoms with Gasteiger partial charge in [0.05, 0.1) is 11.9 Å². The molecule has 30 heavy (non-hydrogen) atoms. The van der Waals surface area contributed by atoms with Crippen molar-refractivity contribution >= 4 is 32.4 Å². The number of nitrogens with one attached hydrogen (secondary N) is 1. The number of carbonyl (C=O) groups excluding carboxylic acids is 1. The van der Waals surface area contributed by atoms with Crippen molar-refractivity contribution in [2.45, 2.75) is 33.2 Å². The maximum absolute atomic E-state index is 12.4. The summed E-state index contributed by atoms with van der Waals surface area (Å²) in [5.41, 5.74) is 3.71. The largest absolute Gasteiger partial charge is 0.352 e. The second kappa shape index (κ2) is 9.30.